The highest BCUT2D eigenvalue weighted by molar-refractivity contribution is 5.24. The smallest absolute Gasteiger partial charge is 0.0659 e. The minimum Gasteiger partial charge on any atom is -0.393 e. The van der Waals surface area contributed by atoms with E-state index in [2.05, 4.69) is 13.8 Å². The Hall–Kier alpha value is -0.120. The van der Waals surface area contributed by atoms with Crippen LogP contribution in [0, 0.1) is 40.4 Å². The molecule has 0 aromatic carbocycles. The van der Waals surface area contributed by atoms with Crippen molar-refractivity contribution in [2.75, 3.05) is 0 Å². The van der Waals surface area contributed by atoms with Crippen molar-refractivity contribution in [1.82, 2.24) is 0 Å². The van der Waals surface area contributed by atoms with Crippen molar-refractivity contribution in [3.63, 3.8) is 0 Å². The fraction of sp³-hybridized carbons (Fsp3) is 1.00. The van der Waals surface area contributed by atoms with Gasteiger partial charge in [-0.05, 0) is 99.7 Å². The average Bonchev–Trinajstić information content (AvgIpc) is 3.08. The maximum Gasteiger partial charge on any atom is 0.0659 e. The highest BCUT2D eigenvalue weighted by Gasteiger charge is 2.76. The third-order valence-corrected chi connectivity index (χ3v) is 9.68. The SMILES string of the molecule is CC[C@]12C[C@](C)(O)C3C(CCC45CC(O)CCC4[C@H]35)C1CC[C@@H]2O. The molecule has 10 atom stereocenters. The van der Waals surface area contributed by atoms with Gasteiger partial charge in [-0.15, -0.1) is 0 Å². The van der Waals surface area contributed by atoms with Gasteiger partial charge in [0.15, 0.2) is 0 Å². The standard InChI is InChI=1S/C21H34O3/c1-3-20-11-19(2,24)17-13(14(20)6-7-16(20)23)8-9-21-10-12(22)4-5-15(21)18(17)21/h12-18,22-24H,3-11H2,1-2H3/t12?,13?,14?,15?,16-,17?,18+,19-,20-,21?/m0/s1. The quantitative estimate of drug-likeness (QED) is 0.690. The Bertz CT molecular complexity index is 545. The molecule has 24 heavy (non-hydrogen) atoms. The largest absolute Gasteiger partial charge is 0.393 e. The summed E-state index contributed by atoms with van der Waals surface area (Å²) in [6.07, 6.45) is 9.09. The van der Waals surface area contributed by atoms with Gasteiger partial charge in [-0.2, -0.15) is 0 Å². The Morgan fingerprint density at radius 2 is 1.71 bits per heavy atom. The first-order valence-electron chi connectivity index (χ1n) is 10.4. The highest BCUT2D eigenvalue weighted by atomic mass is 16.3. The van der Waals surface area contributed by atoms with Crippen LogP contribution in [0.15, 0.2) is 0 Å². The molecular formula is C21H34O3. The fourth-order valence-electron chi connectivity index (χ4n) is 8.98. The van der Waals surface area contributed by atoms with Crippen LogP contribution >= 0.6 is 0 Å². The van der Waals surface area contributed by atoms with Crippen molar-refractivity contribution < 1.29 is 15.3 Å². The van der Waals surface area contributed by atoms with E-state index in [1.165, 1.54) is 12.8 Å². The second kappa shape index (κ2) is 4.78. The summed E-state index contributed by atoms with van der Waals surface area (Å²) in [6.45, 7) is 4.29. The summed E-state index contributed by atoms with van der Waals surface area (Å²) in [7, 11) is 0. The second-order valence-electron chi connectivity index (χ2n) is 10.3. The van der Waals surface area contributed by atoms with Crippen LogP contribution in [-0.2, 0) is 0 Å². The van der Waals surface area contributed by atoms with Crippen LogP contribution < -0.4 is 0 Å². The van der Waals surface area contributed by atoms with E-state index in [0.29, 0.717) is 29.1 Å². The van der Waals surface area contributed by atoms with Crippen molar-refractivity contribution in [2.45, 2.75) is 89.4 Å². The highest BCUT2D eigenvalue weighted by Crippen LogP contribution is 2.79. The number of rotatable bonds is 1. The Labute approximate surface area is 145 Å². The van der Waals surface area contributed by atoms with Crippen molar-refractivity contribution in [1.29, 1.82) is 0 Å². The van der Waals surface area contributed by atoms with Crippen molar-refractivity contribution in [3.05, 3.63) is 0 Å². The van der Waals surface area contributed by atoms with Gasteiger partial charge < -0.3 is 15.3 Å². The predicted molar refractivity (Wildman–Crippen MR) is 92.2 cm³/mol. The summed E-state index contributed by atoms with van der Waals surface area (Å²) in [5.74, 6) is 2.98. The second-order valence-corrected chi connectivity index (χ2v) is 10.3. The molecule has 0 aromatic rings. The van der Waals surface area contributed by atoms with Crippen LogP contribution in [0.1, 0.15) is 71.6 Å². The number of aliphatic hydroxyl groups is 3. The molecule has 5 rings (SSSR count). The minimum atomic E-state index is -0.650. The summed E-state index contributed by atoms with van der Waals surface area (Å²) in [5, 5.41) is 32.6. The van der Waals surface area contributed by atoms with E-state index in [-0.39, 0.29) is 17.6 Å². The summed E-state index contributed by atoms with van der Waals surface area (Å²) < 4.78 is 0. The summed E-state index contributed by atoms with van der Waals surface area (Å²) in [6, 6.07) is 0. The Kier molecular flexibility index (Phi) is 3.20. The molecule has 136 valence electrons. The third-order valence-electron chi connectivity index (χ3n) is 9.68. The maximum absolute atomic E-state index is 11.6. The summed E-state index contributed by atoms with van der Waals surface area (Å²) >= 11 is 0. The average molecular weight is 334 g/mol. The minimum absolute atomic E-state index is 0.0469. The molecule has 3 heteroatoms. The van der Waals surface area contributed by atoms with Gasteiger partial charge in [0.05, 0.1) is 17.8 Å². The topological polar surface area (TPSA) is 60.7 Å². The molecule has 3 nitrogen and oxygen atoms in total. The lowest BCUT2D eigenvalue weighted by atomic mass is 9.49. The maximum atomic E-state index is 11.6. The first kappa shape index (κ1) is 16.1. The Morgan fingerprint density at radius 3 is 2.46 bits per heavy atom. The van der Waals surface area contributed by atoms with E-state index in [4.69, 9.17) is 0 Å². The molecule has 5 aliphatic carbocycles. The van der Waals surface area contributed by atoms with E-state index >= 15 is 0 Å². The monoisotopic (exact) mass is 334 g/mol. The molecule has 0 saturated heterocycles. The molecule has 0 bridgehead atoms. The van der Waals surface area contributed by atoms with Gasteiger partial charge in [-0.1, -0.05) is 6.92 Å². The van der Waals surface area contributed by atoms with Gasteiger partial charge in [-0.3, -0.25) is 0 Å². The van der Waals surface area contributed by atoms with Gasteiger partial charge in [0.2, 0.25) is 0 Å². The molecule has 5 fully saturated rings. The van der Waals surface area contributed by atoms with Gasteiger partial charge in [0, 0.05) is 5.41 Å². The molecule has 5 aliphatic rings. The van der Waals surface area contributed by atoms with Gasteiger partial charge in [0.1, 0.15) is 0 Å². The van der Waals surface area contributed by atoms with Gasteiger partial charge in [-0.25, -0.2) is 0 Å². The molecule has 0 amide bonds. The van der Waals surface area contributed by atoms with Crippen LogP contribution in [0.5, 0.6) is 0 Å². The first-order valence-corrected chi connectivity index (χ1v) is 10.4. The zero-order valence-electron chi connectivity index (χ0n) is 15.2. The third kappa shape index (κ3) is 1.75. The molecule has 5 saturated carbocycles. The van der Waals surface area contributed by atoms with Crippen LogP contribution in [0.25, 0.3) is 0 Å². The van der Waals surface area contributed by atoms with Crippen LogP contribution in [0.3, 0.4) is 0 Å². The van der Waals surface area contributed by atoms with Crippen LogP contribution in [-0.4, -0.2) is 33.1 Å². The zero-order valence-corrected chi connectivity index (χ0v) is 15.2. The van der Waals surface area contributed by atoms with Crippen molar-refractivity contribution in [2.24, 2.45) is 40.4 Å². The summed E-state index contributed by atoms with van der Waals surface area (Å²) in [4.78, 5) is 0. The van der Waals surface area contributed by atoms with Gasteiger partial charge >= 0.3 is 0 Å². The predicted octanol–water partition coefficient (Wildman–Crippen LogP) is 3.11. The molecule has 1 spiro atoms. The number of aliphatic hydroxyl groups excluding tert-OH is 2. The summed E-state index contributed by atoms with van der Waals surface area (Å²) in [5.41, 5.74) is -0.343. The Balaban J connectivity index is 1.52. The molecule has 3 N–H and O–H groups in total. The molecule has 0 radical (unpaired) electrons. The van der Waals surface area contributed by atoms with E-state index in [0.717, 1.165) is 50.9 Å². The van der Waals surface area contributed by atoms with E-state index in [9.17, 15) is 15.3 Å². The number of hydrogen-bond donors (Lipinski definition) is 3. The molecule has 0 aliphatic heterocycles. The lowest BCUT2D eigenvalue weighted by molar-refractivity contribution is -0.178. The van der Waals surface area contributed by atoms with Gasteiger partial charge in [0.25, 0.3) is 0 Å². The molecule has 0 heterocycles. The van der Waals surface area contributed by atoms with E-state index in [1.54, 1.807) is 0 Å². The number of hydrogen-bond acceptors (Lipinski definition) is 3. The van der Waals surface area contributed by atoms with Crippen LogP contribution in [0.2, 0.25) is 0 Å². The number of fused-ring (bicyclic) bond motifs is 5. The Morgan fingerprint density at radius 1 is 0.958 bits per heavy atom. The molecule has 0 aromatic heterocycles. The normalized spacial score (nSPS) is 64.6. The molecule has 6 unspecified atom stereocenters. The van der Waals surface area contributed by atoms with Crippen LogP contribution in [0.4, 0.5) is 0 Å². The van der Waals surface area contributed by atoms with E-state index in [1.807, 2.05) is 0 Å². The zero-order chi connectivity index (χ0) is 16.9. The first-order chi connectivity index (χ1) is 11.4. The van der Waals surface area contributed by atoms with E-state index < -0.39 is 5.60 Å². The fourth-order valence-corrected chi connectivity index (χ4v) is 8.98. The lowest BCUT2D eigenvalue weighted by Gasteiger charge is -2.58. The van der Waals surface area contributed by atoms with Crippen molar-refractivity contribution in [3.8, 4) is 0 Å². The molecular weight excluding hydrogens is 300 g/mol. The van der Waals surface area contributed by atoms with Crippen molar-refractivity contribution >= 4 is 0 Å². The lowest BCUT2D eigenvalue weighted by Crippen LogP contribution is -2.58.